The number of thiazole rings is 1. The van der Waals surface area contributed by atoms with E-state index in [4.69, 9.17) is 0 Å². The highest BCUT2D eigenvalue weighted by atomic mass is 32.1. The van der Waals surface area contributed by atoms with Crippen LogP contribution in [-0.2, 0) is 4.79 Å². The van der Waals surface area contributed by atoms with E-state index >= 15 is 0 Å². The minimum atomic E-state index is -0.374. The predicted octanol–water partition coefficient (Wildman–Crippen LogP) is 3.91. The Balaban J connectivity index is 1.77. The summed E-state index contributed by atoms with van der Waals surface area (Å²) in [5, 5.41) is 18.0. The van der Waals surface area contributed by atoms with Crippen LogP contribution in [0.4, 0.5) is 10.8 Å². The highest BCUT2D eigenvalue weighted by molar-refractivity contribution is 7.17. The fourth-order valence-electron chi connectivity index (χ4n) is 2.71. The molecule has 0 spiro atoms. The number of fused-ring (bicyclic) bond motifs is 1. The van der Waals surface area contributed by atoms with Crippen molar-refractivity contribution in [3.8, 4) is 5.75 Å². The van der Waals surface area contributed by atoms with Crippen LogP contribution in [-0.4, -0.2) is 22.2 Å². The Morgan fingerprint density at radius 2 is 1.93 bits per heavy atom. The predicted molar refractivity (Wildman–Crippen MR) is 108 cm³/mol. The maximum atomic E-state index is 12.5. The molecule has 27 heavy (non-hydrogen) atoms. The molecule has 0 bridgehead atoms. The van der Waals surface area contributed by atoms with Crippen molar-refractivity contribution in [2.24, 2.45) is 5.10 Å². The summed E-state index contributed by atoms with van der Waals surface area (Å²) >= 11 is 1.41. The molecule has 0 aliphatic carbocycles. The molecule has 1 amide bonds. The maximum Gasteiger partial charge on any atom is 0.273 e. The van der Waals surface area contributed by atoms with Crippen LogP contribution < -0.4 is 10.7 Å². The van der Waals surface area contributed by atoms with Gasteiger partial charge >= 0.3 is 0 Å². The maximum absolute atomic E-state index is 12.5. The second-order valence-corrected chi connectivity index (χ2v) is 7.02. The van der Waals surface area contributed by atoms with Crippen LogP contribution in [0.15, 0.2) is 53.6 Å². The Morgan fingerprint density at radius 3 is 2.74 bits per heavy atom. The molecule has 1 aliphatic heterocycles. The molecule has 2 aromatic carbocycles. The monoisotopic (exact) mass is 376 g/mol. The number of carbonyl (C=O) groups excluding carboxylic acids is 1. The SMILES string of the molecule is Cc1ccccc1Nc1nc2c(s1)C=NNC(=O)/C2=C\c1ccccc1O. The first-order chi connectivity index (χ1) is 13.1. The minimum absolute atomic E-state index is 0.0954. The molecule has 0 saturated carbocycles. The van der Waals surface area contributed by atoms with Gasteiger partial charge in [-0.1, -0.05) is 47.7 Å². The second-order valence-electron chi connectivity index (χ2n) is 5.99. The zero-order valence-corrected chi connectivity index (χ0v) is 15.2. The van der Waals surface area contributed by atoms with E-state index in [2.05, 4.69) is 20.8 Å². The van der Waals surface area contributed by atoms with Gasteiger partial charge in [-0.05, 0) is 30.7 Å². The van der Waals surface area contributed by atoms with Crippen molar-refractivity contribution < 1.29 is 9.90 Å². The van der Waals surface area contributed by atoms with E-state index in [9.17, 15) is 9.90 Å². The first-order valence-corrected chi connectivity index (χ1v) is 9.10. The normalized spacial score (nSPS) is 14.6. The standard InChI is InChI=1S/C20H16N4O2S/c1-12-6-2-4-8-15(12)22-20-23-18-14(10-13-7-3-5-9-16(13)25)19(26)24-21-11-17(18)27-20/h2-11,25H,1H3,(H,22,23)(H,24,26)/b14-10-. The highest BCUT2D eigenvalue weighted by Gasteiger charge is 2.23. The zero-order valence-electron chi connectivity index (χ0n) is 14.4. The van der Waals surface area contributed by atoms with E-state index in [-0.39, 0.29) is 11.7 Å². The molecule has 0 atom stereocenters. The minimum Gasteiger partial charge on any atom is -0.507 e. The summed E-state index contributed by atoms with van der Waals surface area (Å²) in [7, 11) is 0. The average Bonchev–Trinajstić information content (AvgIpc) is 2.99. The summed E-state index contributed by atoms with van der Waals surface area (Å²) in [6, 6.07) is 14.7. The van der Waals surface area contributed by atoms with Gasteiger partial charge in [0, 0.05) is 11.3 Å². The first-order valence-electron chi connectivity index (χ1n) is 8.29. The number of amides is 1. The molecule has 3 aromatic rings. The van der Waals surface area contributed by atoms with Gasteiger partial charge in [0.25, 0.3) is 5.91 Å². The summed E-state index contributed by atoms with van der Waals surface area (Å²) in [5.74, 6) is -0.279. The van der Waals surface area contributed by atoms with E-state index in [1.54, 1.807) is 36.6 Å². The molecule has 1 aliphatic rings. The lowest BCUT2D eigenvalue weighted by molar-refractivity contribution is -0.115. The lowest BCUT2D eigenvalue weighted by Gasteiger charge is -2.06. The van der Waals surface area contributed by atoms with E-state index in [1.165, 1.54) is 11.3 Å². The molecule has 0 unspecified atom stereocenters. The molecule has 134 valence electrons. The van der Waals surface area contributed by atoms with Gasteiger partial charge in [0.2, 0.25) is 0 Å². The third-order valence-electron chi connectivity index (χ3n) is 4.12. The summed E-state index contributed by atoms with van der Waals surface area (Å²) < 4.78 is 0. The molecule has 7 heteroatoms. The summed E-state index contributed by atoms with van der Waals surface area (Å²) in [4.78, 5) is 17.8. The van der Waals surface area contributed by atoms with E-state index in [1.807, 2.05) is 31.2 Å². The number of benzene rings is 2. The molecule has 0 saturated heterocycles. The van der Waals surface area contributed by atoms with Gasteiger partial charge in [-0.15, -0.1) is 0 Å². The third-order valence-corrected chi connectivity index (χ3v) is 5.03. The molecule has 0 fully saturated rings. The first kappa shape index (κ1) is 17.0. The van der Waals surface area contributed by atoms with Crippen LogP contribution in [0.2, 0.25) is 0 Å². The largest absolute Gasteiger partial charge is 0.507 e. The van der Waals surface area contributed by atoms with E-state index in [0.29, 0.717) is 22.0 Å². The number of hydrogen-bond acceptors (Lipinski definition) is 6. The molecular weight excluding hydrogens is 360 g/mol. The molecular formula is C20H16N4O2S. The van der Waals surface area contributed by atoms with Crippen LogP contribution in [0.3, 0.4) is 0 Å². The molecule has 6 nitrogen and oxygen atoms in total. The quantitative estimate of drug-likeness (QED) is 0.605. The number of phenolic OH excluding ortho intramolecular Hbond substituents is 1. The van der Waals surface area contributed by atoms with Gasteiger partial charge in [0.05, 0.1) is 22.4 Å². The zero-order chi connectivity index (χ0) is 18.8. The Bertz CT molecular complexity index is 1090. The van der Waals surface area contributed by atoms with Gasteiger partial charge < -0.3 is 10.4 Å². The van der Waals surface area contributed by atoms with Crippen LogP contribution in [0.5, 0.6) is 5.75 Å². The Morgan fingerprint density at radius 1 is 1.15 bits per heavy atom. The summed E-state index contributed by atoms with van der Waals surface area (Å²) in [5.41, 5.74) is 5.93. The lowest BCUT2D eigenvalue weighted by atomic mass is 10.1. The van der Waals surface area contributed by atoms with Gasteiger partial charge in [-0.3, -0.25) is 4.79 Å². The van der Waals surface area contributed by atoms with E-state index < -0.39 is 0 Å². The Kier molecular flexibility index (Phi) is 4.43. The topological polar surface area (TPSA) is 86.6 Å². The van der Waals surface area contributed by atoms with Crippen LogP contribution >= 0.6 is 11.3 Å². The number of rotatable bonds is 3. The van der Waals surface area contributed by atoms with Crippen molar-refractivity contribution >= 4 is 45.9 Å². The van der Waals surface area contributed by atoms with Crippen molar-refractivity contribution in [1.29, 1.82) is 0 Å². The number of hydrogen-bond donors (Lipinski definition) is 3. The molecule has 4 rings (SSSR count). The third kappa shape index (κ3) is 3.45. The Hall–Kier alpha value is -3.45. The fraction of sp³-hybridized carbons (Fsp3) is 0.0500. The van der Waals surface area contributed by atoms with Gasteiger partial charge in [-0.2, -0.15) is 5.10 Å². The molecule has 3 N–H and O–H groups in total. The van der Waals surface area contributed by atoms with Crippen molar-refractivity contribution in [2.75, 3.05) is 5.32 Å². The van der Waals surface area contributed by atoms with Gasteiger partial charge in [-0.25, -0.2) is 10.4 Å². The number of hydrazone groups is 1. The van der Waals surface area contributed by atoms with E-state index in [0.717, 1.165) is 16.1 Å². The van der Waals surface area contributed by atoms with Crippen LogP contribution in [0.25, 0.3) is 11.6 Å². The fourth-order valence-corrected chi connectivity index (χ4v) is 3.57. The number of phenols is 1. The number of carbonyl (C=O) groups is 1. The average molecular weight is 376 g/mol. The van der Waals surface area contributed by atoms with Crippen molar-refractivity contribution in [3.63, 3.8) is 0 Å². The second kappa shape index (κ2) is 7.05. The van der Waals surface area contributed by atoms with Crippen molar-refractivity contribution in [3.05, 3.63) is 70.2 Å². The van der Waals surface area contributed by atoms with Crippen molar-refractivity contribution in [2.45, 2.75) is 6.92 Å². The molecule has 1 aromatic heterocycles. The number of aromatic hydroxyl groups is 1. The van der Waals surface area contributed by atoms with Crippen LogP contribution in [0.1, 0.15) is 21.7 Å². The van der Waals surface area contributed by atoms with Gasteiger partial charge in [0.1, 0.15) is 5.75 Å². The number of anilines is 2. The number of nitrogens with zero attached hydrogens (tertiary/aromatic N) is 2. The summed E-state index contributed by atoms with van der Waals surface area (Å²) in [6.07, 6.45) is 3.20. The number of aryl methyl sites for hydroxylation is 1. The number of nitrogens with one attached hydrogen (secondary N) is 2. The molecule has 0 radical (unpaired) electrons. The highest BCUT2D eigenvalue weighted by Crippen LogP contribution is 2.33. The Labute approximate surface area is 159 Å². The van der Waals surface area contributed by atoms with Gasteiger partial charge in [0.15, 0.2) is 5.13 Å². The van der Waals surface area contributed by atoms with Crippen molar-refractivity contribution in [1.82, 2.24) is 10.4 Å². The number of aromatic nitrogens is 1. The lowest BCUT2D eigenvalue weighted by Crippen LogP contribution is -2.17. The smallest absolute Gasteiger partial charge is 0.273 e. The van der Waals surface area contributed by atoms with Crippen LogP contribution in [0, 0.1) is 6.92 Å². The summed E-state index contributed by atoms with van der Waals surface area (Å²) in [6.45, 7) is 2.01. The number of para-hydroxylation sites is 2. The molecule has 2 heterocycles.